The van der Waals surface area contributed by atoms with Crippen molar-refractivity contribution in [3.8, 4) is 0 Å². The Morgan fingerprint density at radius 2 is 2.06 bits per heavy atom. The molecular formula is C14H27N2O2+. The van der Waals surface area contributed by atoms with Gasteiger partial charge in [0.15, 0.2) is 0 Å². The number of oxime groups is 1. The highest BCUT2D eigenvalue weighted by Gasteiger charge is 2.32. The molecule has 104 valence electrons. The van der Waals surface area contributed by atoms with E-state index in [1.807, 2.05) is 13.8 Å². The van der Waals surface area contributed by atoms with Crippen LogP contribution in [0.5, 0.6) is 0 Å². The normalized spacial score (nSPS) is 26.9. The molecule has 0 aromatic rings. The Bertz CT molecular complexity index is 329. The number of nitrogens with zero attached hydrogens (tertiary/aromatic N) is 2. The van der Waals surface area contributed by atoms with Gasteiger partial charge >= 0.3 is 5.97 Å². The van der Waals surface area contributed by atoms with E-state index in [0.29, 0.717) is 11.8 Å². The van der Waals surface area contributed by atoms with E-state index < -0.39 is 0 Å². The standard InChI is InChI=1S/C14H27N2O2/c1-10(2)14(17)18-15-13-8-12(7-11(13)3)9-16(4,5)6/h10-12H,7-9H2,1-6H3/q+1/b15-13-/t11-,12+/m1/s1. The molecule has 0 spiro atoms. The van der Waals surface area contributed by atoms with Crippen LogP contribution in [-0.2, 0) is 9.63 Å². The number of rotatable bonds is 4. The smallest absolute Gasteiger partial charge is 0.331 e. The summed E-state index contributed by atoms with van der Waals surface area (Å²) in [5.74, 6) is 0.718. The second kappa shape index (κ2) is 5.83. The van der Waals surface area contributed by atoms with Crippen LogP contribution in [0.3, 0.4) is 0 Å². The van der Waals surface area contributed by atoms with Crippen molar-refractivity contribution in [2.75, 3.05) is 27.7 Å². The van der Waals surface area contributed by atoms with Crippen LogP contribution in [0.4, 0.5) is 0 Å². The third kappa shape index (κ3) is 4.77. The molecular weight excluding hydrogens is 228 g/mol. The number of hydrogen-bond acceptors (Lipinski definition) is 3. The van der Waals surface area contributed by atoms with Crippen LogP contribution in [0.2, 0.25) is 0 Å². The van der Waals surface area contributed by atoms with Gasteiger partial charge in [-0.05, 0) is 18.8 Å². The van der Waals surface area contributed by atoms with E-state index >= 15 is 0 Å². The van der Waals surface area contributed by atoms with Crippen molar-refractivity contribution >= 4 is 11.7 Å². The molecule has 0 aromatic heterocycles. The van der Waals surface area contributed by atoms with Gasteiger partial charge in [-0.15, -0.1) is 0 Å². The summed E-state index contributed by atoms with van der Waals surface area (Å²) in [6, 6.07) is 0. The molecule has 0 aromatic carbocycles. The molecule has 0 unspecified atom stereocenters. The Morgan fingerprint density at radius 3 is 2.56 bits per heavy atom. The Morgan fingerprint density at radius 1 is 1.44 bits per heavy atom. The van der Waals surface area contributed by atoms with E-state index in [9.17, 15) is 4.79 Å². The molecule has 0 aliphatic heterocycles. The van der Waals surface area contributed by atoms with Crippen molar-refractivity contribution in [2.24, 2.45) is 22.9 Å². The summed E-state index contributed by atoms with van der Waals surface area (Å²) >= 11 is 0. The molecule has 0 saturated heterocycles. The molecule has 1 fully saturated rings. The molecule has 1 aliphatic rings. The lowest BCUT2D eigenvalue weighted by molar-refractivity contribution is -0.873. The fraction of sp³-hybridized carbons (Fsp3) is 0.857. The van der Waals surface area contributed by atoms with Gasteiger partial charge in [0.25, 0.3) is 0 Å². The highest BCUT2D eigenvalue weighted by Crippen LogP contribution is 2.30. The number of carbonyl (C=O) groups is 1. The van der Waals surface area contributed by atoms with Crippen LogP contribution in [0.1, 0.15) is 33.6 Å². The summed E-state index contributed by atoms with van der Waals surface area (Å²) in [6.45, 7) is 6.94. The average molecular weight is 255 g/mol. The molecule has 0 heterocycles. The summed E-state index contributed by atoms with van der Waals surface area (Å²) in [5, 5.41) is 4.07. The molecule has 0 radical (unpaired) electrons. The molecule has 4 nitrogen and oxygen atoms in total. The molecule has 4 heteroatoms. The Kier molecular flexibility index (Phi) is 4.91. The zero-order chi connectivity index (χ0) is 13.9. The topological polar surface area (TPSA) is 38.7 Å². The van der Waals surface area contributed by atoms with E-state index in [4.69, 9.17) is 4.84 Å². The van der Waals surface area contributed by atoms with Gasteiger partial charge in [0.2, 0.25) is 0 Å². The first-order chi connectivity index (χ1) is 8.19. The predicted octanol–water partition coefficient (Wildman–Crippen LogP) is 2.29. The summed E-state index contributed by atoms with van der Waals surface area (Å²) in [4.78, 5) is 16.4. The minimum atomic E-state index is -0.246. The number of hydrogen-bond donors (Lipinski definition) is 0. The molecule has 1 saturated carbocycles. The summed E-state index contributed by atoms with van der Waals surface area (Å²) in [7, 11) is 6.62. The Hall–Kier alpha value is -0.900. The molecule has 0 bridgehead atoms. The lowest BCUT2D eigenvalue weighted by Crippen LogP contribution is -2.38. The largest absolute Gasteiger partial charge is 0.337 e. The van der Waals surface area contributed by atoms with Gasteiger partial charge in [0.05, 0.1) is 39.3 Å². The van der Waals surface area contributed by atoms with Gasteiger partial charge in [-0.1, -0.05) is 25.9 Å². The van der Waals surface area contributed by atoms with E-state index in [1.54, 1.807) is 0 Å². The van der Waals surface area contributed by atoms with Crippen molar-refractivity contribution in [3.05, 3.63) is 0 Å². The van der Waals surface area contributed by atoms with Crippen LogP contribution < -0.4 is 0 Å². The maximum absolute atomic E-state index is 11.4. The Balaban J connectivity index is 2.54. The first-order valence-corrected chi connectivity index (χ1v) is 6.77. The highest BCUT2D eigenvalue weighted by molar-refractivity contribution is 5.88. The van der Waals surface area contributed by atoms with Crippen molar-refractivity contribution in [2.45, 2.75) is 33.6 Å². The van der Waals surface area contributed by atoms with Gasteiger partial charge < -0.3 is 9.32 Å². The fourth-order valence-corrected chi connectivity index (χ4v) is 2.47. The predicted molar refractivity (Wildman–Crippen MR) is 73.2 cm³/mol. The van der Waals surface area contributed by atoms with E-state index in [0.717, 1.165) is 29.6 Å². The maximum Gasteiger partial charge on any atom is 0.337 e. The average Bonchev–Trinajstić information content (AvgIpc) is 2.52. The molecule has 1 rings (SSSR count). The summed E-state index contributed by atoms with van der Waals surface area (Å²) < 4.78 is 0.969. The van der Waals surface area contributed by atoms with Crippen LogP contribution in [0.15, 0.2) is 5.16 Å². The third-order valence-corrected chi connectivity index (χ3v) is 3.28. The van der Waals surface area contributed by atoms with Crippen LogP contribution in [0, 0.1) is 17.8 Å². The molecule has 1 aliphatic carbocycles. The molecule has 0 amide bonds. The van der Waals surface area contributed by atoms with E-state index in [-0.39, 0.29) is 11.9 Å². The lowest BCUT2D eigenvalue weighted by Gasteiger charge is -2.27. The third-order valence-electron chi connectivity index (χ3n) is 3.28. The van der Waals surface area contributed by atoms with Crippen molar-refractivity contribution < 1.29 is 14.1 Å². The zero-order valence-corrected chi connectivity index (χ0v) is 12.6. The maximum atomic E-state index is 11.4. The van der Waals surface area contributed by atoms with Crippen LogP contribution >= 0.6 is 0 Å². The molecule has 18 heavy (non-hydrogen) atoms. The molecule has 2 atom stereocenters. The highest BCUT2D eigenvalue weighted by atomic mass is 16.7. The number of carbonyl (C=O) groups excluding carboxylic acids is 1. The Labute approximate surface area is 111 Å². The fourth-order valence-electron chi connectivity index (χ4n) is 2.47. The van der Waals surface area contributed by atoms with Crippen molar-refractivity contribution in [3.63, 3.8) is 0 Å². The van der Waals surface area contributed by atoms with Gasteiger partial charge in [-0.25, -0.2) is 4.79 Å². The minimum absolute atomic E-state index is 0.118. The second-order valence-corrected chi connectivity index (χ2v) is 6.83. The first-order valence-electron chi connectivity index (χ1n) is 6.77. The first kappa shape index (κ1) is 15.2. The summed E-state index contributed by atoms with van der Waals surface area (Å²) in [6.07, 6.45) is 2.11. The van der Waals surface area contributed by atoms with Gasteiger partial charge in [0.1, 0.15) is 0 Å². The van der Waals surface area contributed by atoms with E-state index in [2.05, 4.69) is 33.2 Å². The monoisotopic (exact) mass is 255 g/mol. The zero-order valence-electron chi connectivity index (χ0n) is 12.6. The SMILES string of the molecule is CC(C)C(=O)O/N=C1/C[C@@H](C[N+](C)(C)C)C[C@H]1C. The van der Waals surface area contributed by atoms with Crippen molar-refractivity contribution in [1.29, 1.82) is 0 Å². The lowest BCUT2D eigenvalue weighted by atomic mass is 10.1. The quantitative estimate of drug-likeness (QED) is 0.439. The van der Waals surface area contributed by atoms with Gasteiger partial charge in [0, 0.05) is 5.92 Å². The number of quaternary nitrogens is 1. The van der Waals surface area contributed by atoms with Crippen molar-refractivity contribution in [1.82, 2.24) is 0 Å². The van der Waals surface area contributed by atoms with Gasteiger partial charge in [-0.3, -0.25) is 0 Å². The van der Waals surface area contributed by atoms with Crippen LogP contribution in [-0.4, -0.2) is 43.9 Å². The minimum Gasteiger partial charge on any atom is -0.331 e. The van der Waals surface area contributed by atoms with E-state index in [1.165, 1.54) is 0 Å². The summed E-state index contributed by atoms with van der Waals surface area (Å²) in [5.41, 5.74) is 1.04. The van der Waals surface area contributed by atoms with Crippen LogP contribution in [0.25, 0.3) is 0 Å². The molecule has 0 N–H and O–H groups in total. The van der Waals surface area contributed by atoms with Gasteiger partial charge in [-0.2, -0.15) is 0 Å². The second-order valence-electron chi connectivity index (χ2n) is 6.83.